The Kier molecular flexibility index (Phi) is 9.10. The summed E-state index contributed by atoms with van der Waals surface area (Å²) in [5, 5.41) is 9.25. The molecular weight excluding hydrogens is 684 g/mol. The number of carbonyl (C=O) groups is 4. The van der Waals surface area contributed by atoms with Crippen molar-refractivity contribution in [2.24, 2.45) is 5.73 Å². The molecule has 2 fully saturated rings. The van der Waals surface area contributed by atoms with Gasteiger partial charge in [0.05, 0.1) is 21.8 Å². The SMILES string of the molecule is C[C@]1(COC(N)=O)[C@H](C(=O)OC(c2ccccc2)c2ccccc2)N2C(=O)C(=Cc3cc(C(=O)Oc4ccc([N+](=O)[O-])cc4)ccn3)[C@H]2S1(=O)=O. The van der Waals surface area contributed by atoms with E-state index in [1.807, 2.05) is 0 Å². The minimum absolute atomic E-state index is 0.0145. The molecule has 0 radical (unpaired) electrons. The highest BCUT2D eigenvalue weighted by atomic mass is 32.2. The zero-order chi connectivity index (χ0) is 36.5. The van der Waals surface area contributed by atoms with Gasteiger partial charge in [0.2, 0.25) is 0 Å². The number of sulfone groups is 1. The summed E-state index contributed by atoms with van der Waals surface area (Å²) in [5.41, 5.74) is 5.88. The van der Waals surface area contributed by atoms with Gasteiger partial charge in [-0.3, -0.25) is 19.9 Å². The lowest BCUT2D eigenvalue weighted by Crippen LogP contribution is -2.60. The molecule has 2 aliphatic rings. The van der Waals surface area contributed by atoms with E-state index in [4.69, 9.17) is 19.9 Å². The van der Waals surface area contributed by atoms with Gasteiger partial charge in [-0.1, -0.05) is 60.7 Å². The van der Waals surface area contributed by atoms with E-state index >= 15 is 0 Å². The number of ether oxygens (including phenoxy) is 3. The van der Waals surface area contributed by atoms with Crippen molar-refractivity contribution in [2.45, 2.75) is 29.2 Å². The molecule has 15 nitrogen and oxygen atoms in total. The summed E-state index contributed by atoms with van der Waals surface area (Å²) in [5.74, 6) is -2.71. The number of benzene rings is 3. The van der Waals surface area contributed by atoms with Gasteiger partial charge < -0.3 is 24.8 Å². The predicted molar refractivity (Wildman–Crippen MR) is 178 cm³/mol. The highest BCUT2D eigenvalue weighted by molar-refractivity contribution is 7.94. The van der Waals surface area contributed by atoms with Crippen LogP contribution in [-0.2, 0) is 28.9 Å². The third kappa shape index (κ3) is 6.39. The number of nitro benzene ring substituents is 1. The third-order valence-electron chi connectivity index (χ3n) is 8.54. The lowest BCUT2D eigenvalue weighted by molar-refractivity contribution is -0.384. The van der Waals surface area contributed by atoms with Crippen molar-refractivity contribution in [1.29, 1.82) is 0 Å². The summed E-state index contributed by atoms with van der Waals surface area (Å²) >= 11 is 0. The number of hydrogen-bond donors (Lipinski definition) is 1. The van der Waals surface area contributed by atoms with Gasteiger partial charge in [-0.05, 0) is 48.4 Å². The Hall–Kier alpha value is -6.42. The Morgan fingerprint density at radius 3 is 2.18 bits per heavy atom. The van der Waals surface area contributed by atoms with Crippen LogP contribution < -0.4 is 10.5 Å². The summed E-state index contributed by atoms with van der Waals surface area (Å²) in [4.78, 5) is 67.6. The minimum Gasteiger partial charge on any atom is -0.451 e. The van der Waals surface area contributed by atoms with Crippen LogP contribution in [-0.4, -0.2) is 69.9 Å². The number of carbonyl (C=O) groups excluding carboxylic acids is 4. The maximum absolute atomic E-state index is 14.2. The Labute approximate surface area is 290 Å². The highest BCUT2D eigenvalue weighted by Gasteiger charge is 2.73. The van der Waals surface area contributed by atoms with Gasteiger partial charge in [-0.25, -0.2) is 22.8 Å². The molecule has 0 unspecified atom stereocenters. The molecule has 2 N–H and O–H groups in total. The molecular formula is C35H28N4O11S. The topological polar surface area (TPSA) is 215 Å². The quantitative estimate of drug-likeness (QED) is 0.0621. The van der Waals surface area contributed by atoms with Gasteiger partial charge in [0.1, 0.15) is 17.1 Å². The number of β-lactam (4-membered cyclic amide) rings is 1. The molecule has 3 atom stereocenters. The standard InChI is InChI=1S/C35H28N4O11S/c1-35(20-48-34(36)43)29(33(42)50-28(21-8-4-2-5-9-21)22-10-6-3-7-11-22)38-30(40)27(31(38)51(35,46)47)19-24-18-23(16-17-37-24)32(41)49-26-14-12-25(13-15-26)39(44)45/h2-19,28-29,31H,20H2,1H3,(H2,36,43)/t29-,31+,35-/m0/s1. The van der Waals surface area contributed by atoms with Crippen molar-refractivity contribution in [3.05, 3.63) is 141 Å². The first-order valence-electron chi connectivity index (χ1n) is 15.2. The van der Waals surface area contributed by atoms with E-state index in [-0.39, 0.29) is 28.3 Å². The van der Waals surface area contributed by atoms with E-state index in [2.05, 4.69) is 4.98 Å². The van der Waals surface area contributed by atoms with E-state index in [0.717, 1.165) is 17.0 Å². The fourth-order valence-corrected chi connectivity index (χ4v) is 8.24. The lowest BCUT2D eigenvalue weighted by Gasteiger charge is -2.39. The number of non-ortho nitro benzene ring substituents is 1. The number of nitrogens with zero attached hydrogens (tertiary/aromatic N) is 3. The number of rotatable bonds is 10. The van der Waals surface area contributed by atoms with Gasteiger partial charge >= 0.3 is 18.0 Å². The smallest absolute Gasteiger partial charge is 0.404 e. The first kappa shape index (κ1) is 34.4. The van der Waals surface area contributed by atoms with E-state index in [1.165, 1.54) is 43.5 Å². The summed E-state index contributed by atoms with van der Waals surface area (Å²) in [6, 6.07) is 23.1. The van der Waals surface area contributed by atoms with E-state index in [1.54, 1.807) is 60.7 Å². The van der Waals surface area contributed by atoms with Crippen LogP contribution in [0.25, 0.3) is 6.08 Å². The van der Waals surface area contributed by atoms with Crippen LogP contribution in [0.5, 0.6) is 5.75 Å². The molecule has 0 bridgehead atoms. The van der Waals surface area contributed by atoms with Gasteiger partial charge in [0.25, 0.3) is 11.6 Å². The number of hydrogen-bond acceptors (Lipinski definition) is 12. The third-order valence-corrected chi connectivity index (χ3v) is 11.3. The number of fused-ring (bicyclic) bond motifs is 1. The first-order valence-corrected chi connectivity index (χ1v) is 16.8. The molecule has 2 aliphatic heterocycles. The molecule has 6 rings (SSSR count). The molecule has 4 aromatic rings. The lowest BCUT2D eigenvalue weighted by atomic mass is 9.93. The number of amides is 2. The van der Waals surface area contributed by atoms with Gasteiger partial charge in [0, 0.05) is 18.3 Å². The predicted octanol–water partition coefficient (Wildman–Crippen LogP) is 3.74. The van der Waals surface area contributed by atoms with Crippen molar-refractivity contribution in [3.63, 3.8) is 0 Å². The average molecular weight is 713 g/mol. The maximum atomic E-state index is 14.2. The summed E-state index contributed by atoms with van der Waals surface area (Å²) < 4.78 is 42.4. The number of nitrogens with two attached hydrogens (primary N) is 1. The van der Waals surface area contributed by atoms with E-state index in [0.29, 0.717) is 11.1 Å². The molecule has 260 valence electrons. The summed E-state index contributed by atoms with van der Waals surface area (Å²) in [6.07, 6.45) is 0.139. The summed E-state index contributed by atoms with van der Waals surface area (Å²) in [7, 11) is -4.53. The summed E-state index contributed by atoms with van der Waals surface area (Å²) in [6.45, 7) is 0.315. The molecule has 3 aromatic carbocycles. The fraction of sp³-hybridized carbons (Fsp3) is 0.171. The average Bonchev–Trinajstić information content (AvgIpc) is 3.29. The Morgan fingerprint density at radius 2 is 1.61 bits per heavy atom. The van der Waals surface area contributed by atoms with Crippen molar-refractivity contribution in [1.82, 2.24) is 9.88 Å². The minimum atomic E-state index is -4.53. The number of esters is 2. The second-order valence-corrected chi connectivity index (χ2v) is 14.2. The second-order valence-electron chi connectivity index (χ2n) is 11.8. The van der Waals surface area contributed by atoms with Crippen molar-refractivity contribution < 1.29 is 46.7 Å². The first-order chi connectivity index (χ1) is 24.3. The monoisotopic (exact) mass is 712 g/mol. The zero-order valence-electron chi connectivity index (χ0n) is 26.6. The van der Waals surface area contributed by atoms with Crippen LogP contribution in [0, 0.1) is 10.1 Å². The van der Waals surface area contributed by atoms with Crippen LogP contribution in [0.3, 0.4) is 0 Å². The van der Waals surface area contributed by atoms with Gasteiger partial charge in [-0.15, -0.1) is 0 Å². The number of nitro groups is 1. The highest BCUT2D eigenvalue weighted by Crippen LogP contribution is 2.50. The van der Waals surface area contributed by atoms with Crippen LogP contribution in [0.15, 0.2) is 109 Å². The van der Waals surface area contributed by atoms with Gasteiger partial charge in [0.15, 0.2) is 27.4 Å². The molecule has 1 aromatic heterocycles. The molecule has 16 heteroatoms. The zero-order valence-corrected chi connectivity index (χ0v) is 27.5. The molecule has 3 heterocycles. The van der Waals surface area contributed by atoms with Gasteiger partial charge in [-0.2, -0.15) is 0 Å². The van der Waals surface area contributed by atoms with E-state index < -0.39 is 67.6 Å². The molecule has 2 saturated heterocycles. The maximum Gasteiger partial charge on any atom is 0.404 e. The molecule has 0 spiro atoms. The van der Waals surface area contributed by atoms with Crippen LogP contribution in [0.2, 0.25) is 0 Å². The Balaban J connectivity index is 1.31. The second kappa shape index (κ2) is 13.5. The van der Waals surface area contributed by atoms with Crippen LogP contribution >= 0.6 is 0 Å². The van der Waals surface area contributed by atoms with Crippen LogP contribution in [0.1, 0.15) is 40.2 Å². The van der Waals surface area contributed by atoms with E-state index in [9.17, 15) is 37.7 Å². The van der Waals surface area contributed by atoms with Crippen LogP contribution in [0.4, 0.5) is 10.5 Å². The number of primary amides is 1. The van der Waals surface area contributed by atoms with Crippen molar-refractivity contribution >= 4 is 45.5 Å². The van der Waals surface area contributed by atoms with Crippen molar-refractivity contribution in [3.8, 4) is 5.75 Å². The largest absolute Gasteiger partial charge is 0.451 e. The molecule has 0 saturated carbocycles. The fourth-order valence-electron chi connectivity index (χ4n) is 5.97. The molecule has 2 amide bonds. The van der Waals surface area contributed by atoms with Crippen molar-refractivity contribution in [2.75, 3.05) is 6.61 Å². The molecule has 0 aliphatic carbocycles. The Bertz CT molecular complexity index is 2140. The normalized spacial score (nSPS) is 21.0. The number of pyridine rings is 1. The Morgan fingerprint density at radius 1 is 1.00 bits per heavy atom. The number of aromatic nitrogens is 1. The molecule has 51 heavy (non-hydrogen) atoms.